The number of alkyl halides is 6. The molecule has 0 aromatic heterocycles. The number of nitrogens with one attached hydrogen (secondary N) is 2. The maximum Gasteiger partial charge on any atom is 0.471 e. The van der Waals surface area contributed by atoms with Crippen molar-refractivity contribution in [1.29, 1.82) is 2.86 Å². The molecule has 2 atom stereocenters. The number of carbonyl (C=O) groups is 2. The second-order valence-electron chi connectivity index (χ2n) is 6.29. The Hall–Kier alpha value is -1.88. The molecule has 14 nitrogen and oxygen atoms in total. The van der Waals surface area contributed by atoms with E-state index >= 15 is 0 Å². The minimum Gasteiger partial charge on any atom is -0.395 e. The van der Waals surface area contributed by atoms with E-state index in [4.69, 9.17) is 47.7 Å². The molecule has 41 heavy (non-hydrogen) atoms. The van der Waals surface area contributed by atoms with Crippen molar-refractivity contribution in [1.82, 2.24) is 10.6 Å². The van der Waals surface area contributed by atoms with Crippen molar-refractivity contribution in [3.05, 3.63) is 0 Å². The van der Waals surface area contributed by atoms with Gasteiger partial charge in [-0.15, -0.1) is 0 Å². The highest BCUT2D eigenvalue weighted by molar-refractivity contribution is 5.82. The van der Waals surface area contributed by atoms with Crippen LogP contribution in [0.5, 0.6) is 0 Å². The SMILES string of the molecule is C.C.C.NC(CO)CO.O=C(NC(CO)CO)C(F)(F)F.[2H]OCC(CO)NC(=O)C(F)(F)F.[2H]OCC(N)CO.[3H]C.[3H]C. The minimum atomic E-state index is -4.99. The zero-order valence-corrected chi connectivity index (χ0v) is 20.7. The number of halogens is 6. The van der Waals surface area contributed by atoms with E-state index in [-0.39, 0.29) is 48.7 Å². The number of amides is 2. The summed E-state index contributed by atoms with van der Waals surface area (Å²) in [6.45, 7) is -3.02. The van der Waals surface area contributed by atoms with Crippen molar-refractivity contribution in [3.8, 4) is 0 Å². The summed E-state index contributed by atoms with van der Waals surface area (Å²) >= 11 is 0. The van der Waals surface area contributed by atoms with E-state index < -0.39 is 74.8 Å². The third-order valence-electron chi connectivity index (χ3n) is 2.97. The molecule has 0 bridgehead atoms. The Morgan fingerprint density at radius 3 is 1.00 bits per heavy atom. The Labute approximate surface area is 243 Å². The summed E-state index contributed by atoms with van der Waals surface area (Å²) in [7, 11) is 2.50. The number of aliphatic hydroxyl groups is 8. The predicted molar refractivity (Wildman–Crippen MR) is 142 cm³/mol. The van der Waals surface area contributed by atoms with Crippen LogP contribution in [0.25, 0.3) is 0 Å². The van der Waals surface area contributed by atoms with Crippen molar-refractivity contribution >= 4 is 11.8 Å². The van der Waals surface area contributed by atoms with Gasteiger partial charge in [0.2, 0.25) is 2.86 Å². The first-order valence-electron chi connectivity index (χ1n) is 12.3. The quantitative estimate of drug-likeness (QED) is 0.101. The van der Waals surface area contributed by atoms with Crippen LogP contribution in [0.1, 0.15) is 39.8 Å². The number of hydrogen-bond acceptors (Lipinski definition) is 12. The van der Waals surface area contributed by atoms with Crippen molar-refractivity contribution in [2.75, 3.05) is 52.9 Å². The first-order valence-corrected chi connectivity index (χ1v) is 9.53. The molecule has 20 heteroatoms. The second kappa shape index (κ2) is 36.1. The molecule has 0 radical (unpaired) electrons. The first-order chi connectivity index (χ1) is 19.4. The van der Waals surface area contributed by atoms with Crippen LogP contribution in [0.3, 0.4) is 0 Å². The summed E-state index contributed by atoms with van der Waals surface area (Å²) in [5.74, 6) is -4.33. The van der Waals surface area contributed by atoms with Gasteiger partial charge in [0.05, 0.1) is 77.0 Å². The normalized spacial score (nSPS) is 12.1. The van der Waals surface area contributed by atoms with E-state index in [1.807, 2.05) is 0 Å². The number of rotatable bonds is 12. The number of aliphatic hydroxyl groups excluding tert-OH is 8. The van der Waals surface area contributed by atoms with Crippen LogP contribution in [-0.2, 0) is 9.59 Å². The van der Waals surface area contributed by atoms with E-state index in [2.05, 4.69) is 10.2 Å². The maximum atomic E-state index is 11.6. The van der Waals surface area contributed by atoms with Crippen LogP contribution < -0.4 is 22.1 Å². The molecule has 0 saturated carbocycles. The average molecular weight is 643 g/mol. The molecule has 0 aliphatic rings. The van der Waals surface area contributed by atoms with Gasteiger partial charge in [0.1, 0.15) is 0 Å². The van der Waals surface area contributed by atoms with E-state index in [9.17, 15) is 35.9 Å². The molecule has 0 aromatic rings. The topological polar surface area (TPSA) is 272 Å². The summed E-state index contributed by atoms with van der Waals surface area (Å²) in [5.41, 5.74) is 10.1. The number of carbonyl (C=O) groups excluding carboxylic acids is 2. The van der Waals surface area contributed by atoms with Crippen molar-refractivity contribution in [2.45, 2.75) is 73.6 Å². The van der Waals surface area contributed by atoms with E-state index in [0.717, 1.165) is 0 Å². The Morgan fingerprint density at radius 2 is 0.854 bits per heavy atom. The molecule has 0 saturated heterocycles. The zero-order chi connectivity index (χ0) is 34.9. The number of hydrogen-bond donors (Lipinski definition) is 12. The molecule has 0 fully saturated rings. The highest BCUT2D eigenvalue weighted by Gasteiger charge is 2.40. The van der Waals surface area contributed by atoms with E-state index in [0.29, 0.717) is 0 Å². The first kappa shape index (κ1) is 48.8. The van der Waals surface area contributed by atoms with Gasteiger partial charge in [-0.05, 0) is 0 Å². The Kier molecular flexibility index (Phi) is 43.0. The molecular formula is C21H54F6N4O10. The van der Waals surface area contributed by atoms with E-state index in [1.54, 1.807) is 0 Å². The van der Waals surface area contributed by atoms with Crippen LogP contribution in [0.2, 0.25) is 0 Å². The molecule has 0 aromatic carbocycles. The van der Waals surface area contributed by atoms with Crippen LogP contribution in [0, 0.1) is 0 Å². The lowest BCUT2D eigenvalue weighted by atomic mass is 10.3. The lowest BCUT2D eigenvalue weighted by Crippen LogP contribution is -2.46. The standard InChI is InChI=1S/2C5H8F3NO3.2C3H9NO2.5CH4/c2*6-5(7,8)4(12)9-3(1-10)2-11;2*4-3(1-5)2-6;;;;;/h2*3,10-11H,1-2H2,(H,9,12);2*3,5-6H,1-2,4H2;5*1H4/i10D;;5D;;2*1T;;;. The largest absolute Gasteiger partial charge is 0.471 e. The molecule has 2 amide bonds. The van der Waals surface area contributed by atoms with Gasteiger partial charge in [-0.3, -0.25) is 9.59 Å². The van der Waals surface area contributed by atoms with Gasteiger partial charge in [-0.1, -0.05) is 37.1 Å². The van der Waals surface area contributed by atoms with Gasteiger partial charge in [0.15, 0.2) is 0 Å². The molecule has 0 heterocycles. The summed E-state index contributed by atoms with van der Waals surface area (Å²) in [5, 5.41) is 59.7. The maximum absolute atomic E-state index is 11.6. The summed E-state index contributed by atoms with van der Waals surface area (Å²) in [6.07, 6.45) is -9.97. The molecule has 0 aliphatic carbocycles. The Balaban J connectivity index is -0.0000000535. The highest BCUT2D eigenvalue weighted by Crippen LogP contribution is 2.14. The van der Waals surface area contributed by atoms with Gasteiger partial charge in [0.25, 0.3) is 0 Å². The van der Waals surface area contributed by atoms with Crippen LogP contribution in [-0.4, -0.2) is 145 Å². The monoisotopic (exact) mass is 642 g/mol. The van der Waals surface area contributed by atoms with Crippen LogP contribution in [0.4, 0.5) is 26.3 Å². The average Bonchev–Trinajstić information content (AvgIpc) is 2.97. The summed E-state index contributed by atoms with van der Waals surface area (Å²) in [6, 6.07) is -3.34. The summed E-state index contributed by atoms with van der Waals surface area (Å²) < 4.78 is 93.2. The van der Waals surface area contributed by atoms with Gasteiger partial charge in [-0.2, -0.15) is 26.3 Å². The number of nitrogens with two attached hydrogens (primary N) is 2. The van der Waals surface area contributed by atoms with Crippen molar-refractivity contribution in [3.63, 3.8) is 0 Å². The predicted octanol–water partition coefficient (Wildman–Crippen LogP) is -2.19. The van der Waals surface area contributed by atoms with Gasteiger partial charge >= 0.3 is 24.2 Å². The fourth-order valence-corrected chi connectivity index (χ4v) is 0.934. The third kappa shape index (κ3) is 42.7. The lowest BCUT2D eigenvalue weighted by molar-refractivity contribution is -0.175. The molecule has 0 aliphatic heterocycles. The molecule has 0 spiro atoms. The molecule has 260 valence electrons. The van der Waals surface area contributed by atoms with Gasteiger partial charge in [0, 0.05) is 2.74 Å². The summed E-state index contributed by atoms with van der Waals surface area (Å²) in [4.78, 5) is 20.4. The second-order valence-corrected chi connectivity index (χ2v) is 6.29. The Morgan fingerprint density at radius 1 is 0.610 bits per heavy atom. The molecule has 2 unspecified atom stereocenters. The van der Waals surface area contributed by atoms with Crippen molar-refractivity contribution in [2.24, 2.45) is 11.5 Å². The van der Waals surface area contributed by atoms with E-state index in [1.165, 1.54) is 25.4 Å². The fraction of sp³-hybridized carbons (Fsp3) is 0.905. The third-order valence-corrected chi connectivity index (χ3v) is 2.97. The molecule has 14 N–H and O–H groups in total. The van der Waals surface area contributed by atoms with Gasteiger partial charge < -0.3 is 63.0 Å². The Bertz CT molecular complexity index is 591. The molecule has 0 rings (SSSR count). The van der Waals surface area contributed by atoms with Crippen LogP contribution >= 0.6 is 0 Å². The van der Waals surface area contributed by atoms with Crippen LogP contribution in [0.15, 0.2) is 0 Å². The minimum absolute atomic E-state index is 0. The lowest BCUT2D eigenvalue weighted by Gasteiger charge is -2.14. The van der Waals surface area contributed by atoms with Crippen molar-refractivity contribution < 1.29 is 79.5 Å². The molecular weight excluding hydrogens is 582 g/mol. The zero-order valence-electron chi connectivity index (χ0n) is 24.7. The highest BCUT2D eigenvalue weighted by atomic mass is 19.4. The smallest absolute Gasteiger partial charge is 0.395 e. The van der Waals surface area contributed by atoms with Gasteiger partial charge in [-0.25, -0.2) is 0 Å². The fourth-order valence-electron chi connectivity index (χ4n) is 0.934.